The maximum atomic E-state index is 10.3. The molecule has 90 valence electrons. The average Bonchev–Trinajstić information content (AvgIpc) is 2.26. The van der Waals surface area contributed by atoms with Crippen molar-refractivity contribution < 1.29 is 4.79 Å². The normalized spacial score (nSPS) is 20.2. The minimum absolute atomic E-state index is 0.166. The van der Waals surface area contributed by atoms with E-state index in [1.54, 1.807) is 6.08 Å². The highest BCUT2D eigenvalue weighted by Gasteiger charge is 2.36. The van der Waals surface area contributed by atoms with Crippen LogP contribution in [0, 0.1) is 0 Å². The second-order valence-electron chi connectivity index (χ2n) is 6.20. The van der Waals surface area contributed by atoms with Crippen molar-refractivity contribution in [2.45, 2.75) is 51.4 Å². The Kier molecular flexibility index (Phi) is 2.71. The van der Waals surface area contributed by atoms with E-state index in [4.69, 9.17) is 0 Å². The molecule has 0 unspecified atom stereocenters. The lowest BCUT2D eigenvalue weighted by atomic mass is 9.63. The number of nitrogens with zero attached hydrogens (tertiary/aromatic N) is 1. The molecule has 0 saturated heterocycles. The standard InChI is InChI=1S/C15H19NO/c1-14(2)7-8-15(3,4)13-9-11(16-10-17)5-6-12(13)14/h5-6,9H,7-8H2,1-4H3. The highest BCUT2D eigenvalue weighted by molar-refractivity contribution is 5.55. The Morgan fingerprint density at radius 2 is 1.65 bits per heavy atom. The van der Waals surface area contributed by atoms with Crippen molar-refractivity contribution in [3.63, 3.8) is 0 Å². The smallest absolute Gasteiger partial charge is 0.211 e. The summed E-state index contributed by atoms with van der Waals surface area (Å²) in [5.41, 5.74) is 3.81. The molecule has 0 atom stereocenters. The van der Waals surface area contributed by atoms with Crippen molar-refractivity contribution in [3.05, 3.63) is 29.3 Å². The van der Waals surface area contributed by atoms with Gasteiger partial charge in [0.05, 0.1) is 5.69 Å². The topological polar surface area (TPSA) is 29.4 Å². The fraction of sp³-hybridized carbons (Fsp3) is 0.533. The molecule has 1 aliphatic carbocycles. The third-order valence-corrected chi connectivity index (χ3v) is 4.01. The van der Waals surface area contributed by atoms with E-state index in [0.717, 1.165) is 0 Å². The Hall–Kier alpha value is -1.40. The SMILES string of the molecule is CC1(C)CCC(C)(C)c2cc(N=C=O)ccc21. The summed E-state index contributed by atoms with van der Waals surface area (Å²) in [7, 11) is 0. The van der Waals surface area contributed by atoms with Gasteiger partial charge in [-0.25, -0.2) is 4.79 Å². The molecule has 0 radical (unpaired) electrons. The second-order valence-corrected chi connectivity index (χ2v) is 6.20. The molecule has 0 heterocycles. The number of hydrogen-bond donors (Lipinski definition) is 0. The van der Waals surface area contributed by atoms with Crippen LogP contribution in [0.1, 0.15) is 51.7 Å². The lowest BCUT2D eigenvalue weighted by molar-refractivity contribution is 0.332. The number of rotatable bonds is 1. The molecule has 0 N–H and O–H groups in total. The molecule has 0 bridgehead atoms. The quantitative estimate of drug-likeness (QED) is 0.528. The lowest BCUT2D eigenvalue weighted by Crippen LogP contribution is -2.33. The molecular weight excluding hydrogens is 210 g/mol. The molecular formula is C15H19NO. The van der Waals surface area contributed by atoms with Crippen LogP contribution in [0.5, 0.6) is 0 Å². The van der Waals surface area contributed by atoms with Crippen LogP contribution in [-0.4, -0.2) is 6.08 Å². The first-order valence-electron chi connectivity index (χ1n) is 6.10. The van der Waals surface area contributed by atoms with E-state index in [9.17, 15) is 4.79 Å². The van der Waals surface area contributed by atoms with Gasteiger partial charge in [-0.3, -0.25) is 0 Å². The molecule has 2 heteroatoms. The molecule has 0 fully saturated rings. The Morgan fingerprint density at radius 3 is 2.24 bits per heavy atom. The van der Waals surface area contributed by atoms with Crippen LogP contribution in [0.2, 0.25) is 0 Å². The van der Waals surface area contributed by atoms with Crippen LogP contribution in [0.25, 0.3) is 0 Å². The van der Waals surface area contributed by atoms with E-state index in [0.29, 0.717) is 5.69 Å². The molecule has 0 aromatic heterocycles. The van der Waals surface area contributed by atoms with Gasteiger partial charge in [0.15, 0.2) is 0 Å². The maximum Gasteiger partial charge on any atom is 0.240 e. The van der Waals surface area contributed by atoms with E-state index in [1.165, 1.54) is 24.0 Å². The minimum Gasteiger partial charge on any atom is -0.211 e. The van der Waals surface area contributed by atoms with E-state index in [1.807, 2.05) is 12.1 Å². The van der Waals surface area contributed by atoms with Gasteiger partial charge in [-0.1, -0.05) is 33.8 Å². The second kappa shape index (κ2) is 3.82. The van der Waals surface area contributed by atoms with Gasteiger partial charge in [0.25, 0.3) is 0 Å². The highest BCUT2D eigenvalue weighted by atomic mass is 16.1. The predicted octanol–water partition coefficient (Wildman–Crippen LogP) is 4.00. The van der Waals surface area contributed by atoms with E-state index in [2.05, 4.69) is 38.8 Å². The minimum atomic E-state index is 0.166. The third kappa shape index (κ3) is 2.05. The van der Waals surface area contributed by atoms with Crippen molar-refractivity contribution >= 4 is 11.8 Å². The monoisotopic (exact) mass is 229 g/mol. The molecule has 2 rings (SSSR count). The van der Waals surface area contributed by atoms with Gasteiger partial charge in [-0.15, -0.1) is 0 Å². The summed E-state index contributed by atoms with van der Waals surface area (Å²) < 4.78 is 0. The van der Waals surface area contributed by atoms with Gasteiger partial charge in [0, 0.05) is 0 Å². The zero-order valence-electron chi connectivity index (χ0n) is 11.0. The van der Waals surface area contributed by atoms with Gasteiger partial charge in [-0.2, -0.15) is 4.99 Å². The van der Waals surface area contributed by atoms with E-state index in [-0.39, 0.29) is 10.8 Å². The Labute approximate surface area is 103 Å². The van der Waals surface area contributed by atoms with Crippen molar-refractivity contribution in [1.29, 1.82) is 0 Å². The van der Waals surface area contributed by atoms with E-state index >= 15 is 0 Å². The predicted molar refractivity (Wildman–Crippen MR) is 69.5 cm³/mol. The van der Waals surface area contributed by atoms with Crippen molar-refractivity contribution in [2.24, 2.45) is 4.99 Å². The lowest BCUT2D eigenvalue weighted by Gasteiger charge is -2.41. The molecule has 1 aromatic rings. The summed E-state index contributed by atoms with van der Waals surface area (Å²) in [6.07, 6.45) is 3.98. The van der Waals surface area contributed by atoms with Crippen LogP contribution >= 0.6 is 0 Å². The number of isocyanates is 1. The average molecular weight is 229 g/mol. The van der Waals surface area contributed by atoms with Gasteiger partial charge in [-0.05, 0) is 46.9 Å². The largest absolute Gasteiger partial charge is 0.240 e. The molecule has 0 saturated carbocycles. The number of aliphatic imine (C=N–C) groups is 1. The third-order valence-electron chi connectivity index (χ3n) is 4.01. The van der Waals surface area contributed by atoms with Crippen LogP contribution in [0.15, 0.2) is 23.2 Å². The highest BCUT2D eigenvalue weighted by Crippen LogP contribution is 2.46. The summed E-state index contributed by atoms with van der Waals surface area (Å²) in [6, 6.07) is 6.07. The Balaban J connectivity index is 2.63. The molecule has 0 aliphatic heterocycles. The molecule has 0 spiro atoms. The molecule has 17 heavy (non-hydrogen) atoms. The summed E-state index contributed by atoms with van der Waals surface area (Å²) in [6.45, 7) is 9.08. The Morgan fingerprint density at radius 1 is 1.06 bits per heavy atom. The van der Waals surface area contributed by atoms with Crippen molar-refractivity contribution in [3.8, 4) is 0 Å². The first-order chi connectivity index (χ1) is 7.87. The molecule has 1 aromatic carbocycles. The van der Waals surface area contributed by atoms with Crippen molar-refractivity contribution in [2.75, 3.05) is 0 Å². The fourth-order valence-corrected chi connectivity index (χ4v) is 2.70. The van der Waals surface area contributed by atoms with Crippen LogP contribution in [0.4, 0.5) is 5.69 Å². The van der Waals surface area contributed by atoms with Gasteiger partial charge in [0.2, 0.25) is 6.08 Å². The Bertz CT molecular complexity index is 494. The zero-order chi connectivity index (χ0) is 12.7. The van der Waals surface area contributed by atoms with Crippen molar-refractivity contribution in [1.82, 2.24) is 0 Å². The fourth-order valence-electron chi connectivity index (χ4n) is 2.70. The first-order valence-corrected chi connectivity index (χ1v) is 6.10. The summed E-state index contributed by atoms with van der Waals surface area (Å²) in [5.74, 6) is 0. The molecule has 1 aliphatic rings. The number of fused-ring (bicyclic) bond motifs is 1. The van der Waals surface area contributed by atoms with Gasteiger partial charge < -0.3 is 0 Å². The zero-order valence-corrected chi connectivity index (χ0v) is 11.0. The number of benzene rings is 1. The summed E-state index contributed by atoms with van der Waals surface area (Å²) in [4.78, 5) is 14.1. The summed E-state index contributed by atoms with van der Waals surface area (Å²) >= 11 is 0. The number of hydrogen-bond acceptors (Lipinski definition) is 2. The molecule has 0 amide bonds. The van der Waals surface area contributed by atoms with E-state index < -0.39 is 0 Å². The number of carbonyl (C=O) groups excluding carboxylic acids is 1. The van der Waals surface area contributed by atoms with Crippen LogP contribution in [0.3, 0.4) is 0 Å². The first kappa shape index (κ1) is 12.1. The van der Waals surface area contributed by atoms with Crippen LogP contribution in [-0.2, 0) is 15.6 Å². The van der Waals surface area contributed by atoms with Gasteiger partial charge >= 0.3 is 0 Å². The van der Waals surface area contributed by atoms with Crippen LogP contribution < -0.4 is 0 Å². The molecule has 2 nitrogen and oxygen atoms in total. The summed E-state index contributed by atoms with van der Waals surface area (Å²) in [5, 5.41) is 0. The maximum absolute atomic E-state index is 10.3. The van der Waals surface area contributed by atoms with Gasteiger partial charge in [0.1, 0.15) is 0 Å².